The number of carboxylic acid groups (broad SMARTS) is 1. The summed E-state index contributed by atoms with van der Waals surface area (Å²) in [6.45, 7) is 3.24. The largest absolute Gasteiger partial charge is 0.481 e. The van der Waals surface area contributed by atoms with Gasteiger partial charge in [0.05, 0.1) is 5.41 Å². The second-order valence-electron chi connectivity index (χ2n) is 5.74. The highest BCUT2D eigenvalue weighted by Crippen LogP contribution is 2.39. The number of carboxylic acids is 1. The summed E-state index contributed by atoms with van der Waals surface area (Å²) in [6, 6.07) is -1.27. The maximum atomic E-state index is 12.1. The Kier molecular flexibility index (Phi) is 6.80. The third-order valence-corrected chi connectivity index (χ3v) is 4.05. The van der Waals surface area contributed by atoms with E-state index in [9.17, 15) is 19.5 Å². The summed E-state index contributed by atoms with van der Waals surface area (Å²) in [6.07, 6.45) is 2.84. The van der Waals surface area contributed by atoms with Crippen molar-refractivity contribution in [3.8, 4) is 0 Å². The number of nitrogens with two attached hydrogens (primary N) is 1. The lowest BCUT2D eigenvalue weighted by Crippen LogP contribution is -2.54. The van der Waals surface area contributed by atoms with Crippen LogP contribution in [0.2, 0.25) is 0 Å². The smallest absolute Gasteiger partial charge is 0.327 e. The number of rotatable bonds is 7. The second kappa shape index (κ2) is 8.12. The molecule has 2 unspecified atom stereocenters. The first kappa shape index (κ1) is 18.4. The molecule has 0 radical (unpaired) electrons. The minimum absolute atomic E-state index is 0.229. The van der Waals surface area contributed by atoms with E-state index in [0.717, 1.165) is 6.42 Å². The molecular formula is C15H25NO6. The molecule has 126 valence electrons. The number of carbonyl (C=O) groups excluding carboxylic acids is 2. The SMILES string of the molecule is CCCC(=O)OC(C)OC(=O)C(N)C1(C(=O)O)CCCCC1. The highest BCUT2D eigenvalue weighted by atomic mass is 16.7. The third-order valence-electron chi connectivity index (χ3n) is 4.05. The number of ether oxygens (including phenoxy) is 2. The van der Waals surface area contributed by atoms with Crippen LogP contribution in [-0.4, -0.2) is 35.3 Å². The summed E-state index contributed by atoms with van der Waals surface area (Å²) >= 11 is 0. The van der Waals surface area contributed by atoms with Gasteiger partial charge in [-0.25, -0.2) is 0 Å². The standard InChI is InChI=1S/C15H25NO6/c1-3-7-11(17)21-10(2)22-13(18)12(16)15(14(19)20)8-5-4-6-9-15/h10,12H,3-9,16H2,1-2H3,(H,19,20). The minimum atomic E-state index is -1.29. The van der Waals surface area contributed by atoms with Gasteiger partial charge in [0.25, 0.3) is 0 Å². The van der Waals surface area contributed by atoms with Gasteiger partial charge in [-0.2, -0.15) is 0 Å². The van der Waals surface area contributed by atoms with Crippen molar-refractivity contribution in [3.05, 3.63) is 0 Å². The predicted molar refractivity (Wildman–Crippen MR) is 77.7 cm³/mol. The van der Waals surface area contributed by atoms with Crippen molar-refractivity contribution < 1.29 is 29.0 Å². The van der Waals surface area contributed by atoms with E-state index in [-0.39, 0.29) is 6.42 Å². The van der Waals surface area contributed by atoms with Crippen LogP contribution in [0.4, 0.5) is 0 Å². The van der Waals surface area contributed by atoms with Crippen molar-refractivity contribution in [2.24, 2.45) is 11.1 Å². The van der Waals surface area contributed by atoms with Crippen LogP contribution in [0.15, 0.2) is 0 Å². The van der Waals surface area contributed by atoms with Crippen molar-refractivity contribution in [3.63, 3.8) is 0 Å². The van der Waals surface area contributed by atoms with E-state index in [4.69, 9.17) is 15.2 Å². The third kappa shape index (κ3) is 4.43. The van der Waals surface area contributed by atoms with Crippen molar-refractivity contribution in [1.82, 2.24) is 0 Å². The van der Waals surface area contributed by atoms with E-state index in [0.29, 0.717) is 32.1 Å². The average Bonchev–Trinajstić information content (AvgIpc) is 2.46. The van der Waals surface area contributed by atoms with Gasteiger partial charge in [0.15, 0.2) is 0 Å². The van der Waals surface area contributed by atoms with Crippen LogP contribution in [0.25, 0.3) is 0 Å². The Hall–Kier alpha value is -1.63. The van der Waals surface area contributed by atoms with Gasteiger partial charge in [0.1, 0.15) is 6.04 Å². The molecule has 1 aliphatic carbocycles. The Balaban J connectivity index is 2.66. The van der Waals surface area contributed by atoms with Gasteiger partial charge in [-0.15, -0.1) is 0 Å². The van der Waals surface area contributed by atoms with Crippen LogP contribution in [0, 0.1) is 5.41 Å². The molecule has 0 aromatic carbocycles. The van der Waals surface area contributed by atoms with E-state index >= 15 is 0 Å². The van der Waals surface area contributed by atoms with Crippen LogP contribution in [0.1, 0.15) is 58.8 Å². The maximum Gasteiger partial charge on any atom is 0.327 e. The van der Waals surface area contributed by atoms with Crippen LogP contribution < -0.4 is 5.73 Å². The fourth-order valence-electron chi connectivity index (χ4n) is 2.78. The topological polar surface area (TPSA) is 116 Å². The van der Waals surface area contributed by atoms with E-state index < -0.39 is 35.7 Å². The van der Waals surface area contributed by atoms with Gasteiger partial charge in [0.2, 0.25) is 6.29 Å². The van der Waals surface area contributed by atoms with Crippen LogP contribution in [-0.2, 0) is 23.9 Å². The van der Waals surface area contributed by atoms with E-state index in [1.165, 1.54) is 6.92 Å². The summed E-state index contributed by atoms with van der Waals surface area (Å²) in [5.41, 5.74) is 4.58. The monoisotopic (exact) mass is 315 g/mol. The average molecular weight is 315 g/mol. The van der Waals surface area contributed by atoms with Gasteiger partial charge in [-0.1, -0.05) is 26.2 Å². The molecule has 3 N–H and O–H groups in total. The Bertz CT molecular complexity index is 416. The Labute approximate surface area is 130 Å². The molecule has 7 heteroatoms. The molecule has 22 heavy (non-hydrogen) atoms. The Morgan fingerprint density at radius 1 is 1.18 bits per heavy atom. The fourth-order valence-corrected chi connectivity index (χ4v) is 2.78. The van der Waals surface area contributed by atoms with Crippen molar-refractivity contribution in [1.29, 1.82) is 0 Å². The summed E-state index contributed by atoms with van der Waals surface area (Å²) in [7, 11) is 0. The molecule has 0 aliphatic heterocycles. The number of hydrogen-bond donors (Lipinski definition) is 2. The lowest BCUT2D eigenvalue weighted by Gasteiger charge is -2.36. The molecule has 0 aromatic heterocycles. The van der Waals surface area contributed by atoms with Gasteiger partial charge < -0.3 is 20.3 Å². The van der Waals surface area contributed by atoms with Crippen molar-refractivity contribution in [2.75, 3.05) is 0 Å². The predicted octanol–water partition coefficient (Wildman–Crippen LogP) is 1.58. The van der Waals surface area contributed by atoms with Gasteiger partial charge in [-0.05, 0) is 19.3 Å². The van der Waals surface area contributed by atoms with Gasteiger partial charge in [0, 0.05) is 13.3 Å². The number of hydrogen-bond acceptors (Lipinski definition) is 6. The molecule has 0 saturated heterocycles. The maximum absolute atomic E-state index is 12.1. The van der Waals surface area contributed by atoms with E-state index in [2.05, 4.69) is 0 Å². The first-order valence-corrected chi connectivity index (χ1v) is 7.72. The molecule has 0 amide bonds. The first-order chi connectivity index (χ1) is 10.3. The highest BCUT2D eigenvalue weighted by Gasteiger charge is 2.49. The minimum Gasteiger partial charge on any atom is -0.481 e. The van der Waals surface area contributed by atoms with Crippen molar-refractivity contribution in [2.45, 2.75) is 71.1 Å². The van der Waals surface area contributed by atoms with Crippen LogP contribution in [0.3, 0.4) is 0 Å². The quantitative estimate of drug-likeness (QED) is 0.541. The lowest BCUT2D eigenvalue weighted by molar-refractivity contribution is -0.190. The Morgan fingerprint density at radius 3 is 2.27 bits per heavy atom. The molecule has 1 fully saturated rings. The zero-order valence-electron chi connectivity index (χ0n) is 13.2. The molecule has 1 aliphatic rings. The van der Waals surface area contributed by atoms with Crippen LogP contribution >= 0.6 is 0 Å². The molecule has 0 aromatic rings. The van der Waals surface area contributed by atoms with Crippen LogP contribution in [0.5, 0.6) is 0 Å². The van der Waals surface area contributed by atoms with Crippen molar-refractivity contribution >= 4 is 17.9 Å². The highest BCUT2D eigenvalue weighted by molar-refractivity contribution is 5.87. The normalized spacial score (nSPS) is 19.8. The van der Waals surface area contributed by atoms with E-state index in [1.54, 1.807) is 0 Å². The summed E-state index contributed by atoms with van der Waals surface area (Å²) in [5.74, 6) is -2.39. The molecule has 7 nitrogen and oxygen atoms in total. The molecular weight excluding hydrogens is 290 g/mol. The van der Waals surface area contributed by atoms with Gasteiger partial charge in [-0.3, -0.25) is 14.4 Å². The molecule has 1 saturated carbocycles. The second-order valence-corrected chi connectivity index (χ2v) is 5.74. The number of esters is 2. The molecule has 0 heterocycles. The zero-order valence-corrected chi connectivity index (χ0v) is 13.2. The summed E-state index contributed by atoms with van der Waals surface area (Å²) in [4.78, 5) is 35.0. The van der Waals surface area contributed by atoms with E-state index in [1.807, 2.05) is 6.92 Å². The molecule has 2 atom stereocenters. The molecule has 0 spiro atoms. The Morgan fingerprint density at radius 2 is 1.77 bits per heavy atom. The summed E-state index contributed by atoms with van der Waals surface area (Å²) < 4.78 is 9.89. The van der Waals surface area contributed by atoms with Gasteiger partial charge >= 0.3 is 17.9 Å². The molecule has 1 rings (SSSR count). The number of aliphatic carboxylic acids is 1. The fraction of sp³-hybridized carbons (Fsp3) is 0.800. The lowest BCUT2D eigenvalue weighted by atomic mass is 9.69. The first-order valence-electron chi connectivity index (χ1n) is 7.72. The molecule has 0 bridgehead atoms. The number of carbonyl (C=O) groups is 3. The zero-order chi connectivity index (χ0) is 16.8. The summed E-state index contributed by atoms with van der Waals surface area (Å²) in [5, 5.41) is 9.48.